The van der Waals surface area contributed by atoms with E-state index in [9.17, 15) is 24.3 Å². The van der Waals surface area contributed by atoms with E-state index in [1.54, 1.807) is 24.3 Å². The van der Waals surface area contributed by atoms with Gasteiger partial charge in [0.25, 0.3) is 0 Å². The third-order valence-electron chi connectivity index (χ3n) is 6.93. The largest absolute Gasteiger partial charge is 0.488 e. The van der Waals surface area contributed by atoms with Gasteiger partial charge in [0.2, 0.25) is 12.2 Å². The van der Waals surface area contributed by atoms with Gasteiger partial charge in [0.15, 0.2) is 0 Å². The van der Waals surface area contributed by atoms with Crippen molar-refractivity contribution in [1.29, 1.82) is 0 Å². The number of likely N-dealkylation sites (tertiary alicyclic amines) is 1. The highest BCUT2D eigenvalue weighted by atomic mass is 31.2. The number of rotatable bonds is 15. The van der Waals surface area contributed by atoms with Gasteiger partial charge in [-0.15, -0.1) is 0 Å². The Morgan fingerprint density at radius 2 is 1.85 bits per heavy atom. The summed E-state index contributed by atoms with van der Waals surface area (Å²) in [4.78, 5) is 42.4. The molecule has 0 N–H and O–H groups in total. The quantitative estimate of drug-likeness (QED) is 0.0967. The molecule has 2 aromatic rings. The standard InChI is InChI=1S/C26H37N4O9P/c1-5-6-7-8-9-22(28-16-24(27-18-28)30(33)34)25(31)29-15-21(14-23(29)26(32)36-2)39-20-12-10-19(11-13-20)17-40(35,37-3)38-4/h10-13,16,18,21-23H,5-9,14-15,17H2,1-4H3/t21-,22+,23-/m0/s1. The van der Waals surface area contributed by atoms with E-state index in [0.717, 1.165) is 31.2 Å². The molecule has 2 heterocycles. The highest BCUT2D eigenvalue weighted by Gasteiger charge is 2.44. The molecule has 0 radical (unpaired) electrons. The molecule has 0 spiro atoms. The Hall–Kier alpha value is -3.28. The fraction of sp³-hybridized carbons (Fsp3) is 0.577. The minimum Gasteiger partial charge on any atom is -0.488 e. The topological polar surface area (TPSA) is 152 Å². The van der Waals surface area contributed by atoms with Crippen LogP contribution in [0.5, 0.6) is 5.75 Å². The van der Waals surface area contributed by atoms with E-state index >= 15 is 0 Å². The molecule has 1 aromatic carbocycles. The van der Waals surface area contributed by atoms with Crippen LogP contribution in [-0.2, 0) is 34.1 Å². The number of unbranched alkanes of at least 4 members (excludes halogenated alkanes) is 3. The summed E-state index contributed by atoms with van der Waals surface area (Å²) in [6, 6.07) is 5.28. The SMILES string of the molecule is CCCCCC[C@H](C(=O)N1C[C@@H](Oc2ccc(CP(=O)(OC)OC)cc2)C[C@H]1C(=O)OC)n1cnc([N+](=O)[O-])c1. The first-order valence-electron chi connectivity index (χ1n) is 13.2. The van der Waals surface area contributed by atoms with Crippen molar-refractivity contribution in [2.24, 2.45) is 0 Å². The average molecular weight is 581 g/mol. The Kier molecular flexibility index (Phi) is 11.2. The van der Waals surface area contributed by atoms with Crippen molar-refractivity contribution < 1.29 is 37.6 Å². The lowest BCUT2D eigenvalue weighted by Gasteiger charge is -2.27. The molecule has 1 amide bonds. The van der Waals surface area contributed by atoms with Gasteiger partial charge in [-0.2, -0.15) is 0 Å². The molecular formula is C26H37N4O9P. The Morgan fingerprint density at radius 1 is 1.15 bits per heavy atom. The zero-order valence-electron chi connectivity index (χ0n) is 23.3. The van der Waals surface area contributed by atoms with Gasteiger partial charge in [-0.3, -0.25) is 13.9 Å². The first-order chi connectivity index (χ1) is 19.1. The number of nitrogens with zero attached hydrogens (tertiary/aromatic N) is 4. The van der Waals surface area contributed by atoms with Gasteiger partial charge < -0.3 is 33.5 Å². The van der Waals surface area contributed by atoms with Crippen molar-refractivity contribution in [3.05, 3.63) is 52.5 Å². The van der Waals surface area contributed by atoms with Gasteiger partial charge in [-0.25, -0.2) is 4.79 Å². The number of methoxy groups -OCH3 is 1. The third kappa shape index (κ3) is 7.89. The van der Waals surface area contributed by atoms with E-state index in [2.05, 4.69) is 11.9 Å². The van der Waals surface area contributed by atoms with Crippen molar-refractivity contribution >= 4 is 25.3 Å². The fourth-order valence-electron chi connectivity index (χ4n) is 4.73. The van der Waals surface area contributed by atoms with Gasteiger partial charge in [-0.05, 0) is 34.0 Å². The number of imidazole rings is 1. The second-order valence-electron chi connectivity index (χ2n) is 9.58. The number of carbonyl (C=O) groups excluding carboxylic acids is 2. The molecule has 3 atom stereocenters. The maximum absolute atomic E-state index is 13.8. The van der Waals surface area contributed by atoms with Crippen molar-refractivity contribution in [1.82, 2.24) is 14.5 Å². The normalized spacial score (nSPS) is 17.9. The predicted molar refractivity (Wildman–Crippen MR) is 145 cm³/mol. The van der Waals surface area contributed by atoms with Crippen molar-refractivity contribution in [2.75, 3.05) is 27.9 Å². The molecule has 3 rings (SSSR count). The number of benzene rings is 1. The number of esters is 1. The summed E-state index contributed by atoms with van der Waals surface area (Å²) in [5, 5.41) is 11.2. The van der Waals surface area contributed by atoms with E-state index in [4.69, 9.17) is 18.5 Å². The highest BCUT2D eigenvalue weighted by Crippen LogP contribution is 2.49. The summed E-state index contributed by atoms with van der Waals surface area (Å²) in [6.45, 7) is 2.21. The van der Waals surface area contributed by atoms with E-state index < -0.39 is 36.7 Å². The lowest BCUT2D eigenvalue weighted by molar-refractivity contribution is -0.389. The summed E-state index contributed by atoms with van der Waals surface area (Å²) in [6.07, 6.45) is 6.45. The molecule has 1 aromatic heterocycles. The fourth-order valence-corrected chi connectivity index (χ4v) is 5.79. The summed E-state index contributed by atoms with van der Waals surface area (Å²) in [5.74, 6) is -0.756. The van der Waals surface area contributed by atoms with Crippen LogP contribution in [0.25, 0.3) is 0 Å². The third-order valence-corrected chi connectivity index (χ3v) is 8.79. The number of hydrogen-bond donors (Lipinski definition) is 0. The van der Waals surface area contributed by atoms with Crippen LogP contribution in [-0.4, -0.2) is 71.3 Å². The molecule has 0 bridgehead atoms. The monoisotopic (exact) mass is 580 g/mol. The van der Waals surface area contributed by atoms with Crippen LogP contribution < -0.4 is 4.74 Å². The molecule has 40 heavy (non-hydrogen) atoms. The molecule has 13 nitrogen and oxygen atoms in total. The summed E-state index contributed by atoms with van der Waals surface area (Å²) >= 11 is 0. The number of amides is 1. The zero-order valence-corrected chi connectivity index (χ0v) is 24.2. The average Bonchev–Trinajstić information content (AvgIpc) is 3.61. The molecule has 1 aliphatic rings. The maximum Gasteiger partial charge on any atom is 0.381 e. The minimum absolute atomic E-state index is 0.0997. The van der Waals surface area contributed by atoms with Crippen LogP contribution in [0.3, 0.4) is 0 Å². The Bertz CT molecular complexity index is 1200. The Morgan fingerprint density at radius 3 is 2.42 bits per heavy atom. The number of nitro groups is 1. The van der Waals surface area contributed by atoms with Crippen LogP contribution in [0.2, 0.25) is 0 Å². The summed E-state index contributed by atoms with van der Waals surface area (Å²) in [5.41, 5.74) is 0.732. The number of hydrogen-bond acceptors (Lipinski definition) is 10. The van der Waals surface area contributed by atoms with Gasteiger partial charge in [-0.1, -0.05) is 44.7 Å². The second kappa shape index (κ2) is 14.4. The van der Waals surface area contributed by atoms with Crippen molar-refractivity contribution in [2.45, 2.75) is 69.8 Å². The van der Waals surface area contributed by atoms with Crippen LogP contribution in [0.15, 0.2) is 36.8 Å². The number of aromatic nitrogens is 2. The van der Waals surface area contributed by atoms with Gasteiger partial charge in [0, 0.05) is 20.6 Å². The summed E-state index contributed by atoms with van der Waals surface area (Å²) < 4.78 is 34.9. The molecule has 1 aliphatic heterocycles. The molecule has 1 saturated heterocycles. The van der Waals surface area contributed by atoms with Crippen molar-refractivity contribution in [3.8, 4) is 5.75 Å². The molecule has 0 aliphatic carbocycles. The van der Waals surface area contributed by atoms with Gasteiger partial charge >= 0.3 is 19.4 Å². The molecular weight excluding hydrogens is 543 g/mol. The van der Waals surface area contributed by atoms with Crippen molar-refractivity contribution in [3.63, 3.8) is 0 Å². The van der Waals surface area contributed by atoms with Crippen LogP contribution in [0.4, 0.5) is 5.82 Å². The molecule has 0 saturated carbocycles. The van der Waals surface area contributed by atoms with E-state index in [-0.39, 0.29) is 30.9 Å². The number of carbonyl (C=O) groups is 2. The molecule has 1 fully saturated rings. The summed E-state index contributed by atoms with van der Waals surface area (Å²) in [7, 11) is 0.701. The van der Waals surface area contributed by atoms with E-state index in [0.29, 0.717) is 12.2 Å². The van der Waals surface area contributed by atoms with E-state index in [1.165, 1.54) is 43.3 Å². The maximum atomic E-state index is 13.8. The predicted octanol–water partition coefficient (Wildman–Crippen LogP) is 4.51. The minimum atomic E-state index is -3.22. The first kappa shape index (κ1) is 31.3. The van der Waals surface area contributed by atoms with Gasteiger partial charge in [0.1, 0.15) is 30.1 Å². The number of ether oxygens (including phenoxy) is 2. The van der Waals surface area contributed by atoms with Crippen LogP contribution in [0, 0.1) is 10.1 Å². The van der Waals surface area contributed by atoms with E-state index in [1.807, 2.05) is 0 Å². The van der Waals surface area contributed by atoms with Crippen LogP contribution in [0.1, 0.15) is 57.1 Å². The lowest BCUT2D eigenvalue weighted by atomic mass is 10.1. The Balaban J connectivity index is 1.77. The molecule has 14 heteroatoms. The highest BCUT2D eigenvalue weighted by molar-refractivity contribution is 7.52. The molecule has 0 unspecified atom stereocenters. The lowest BCUT2D eigenvalue weighted by Crippen LogP contribution is -2.44. The van der Waals surface area contributed by atoms with Crippen LogP contribution >= 0.6 is 7.60 Å². The second-order valence-corrected chi connectivity index (χ2v) is 11.9. The Labute approximate surface area is 233 Å². The zero-order chi connectivity index (χ0) is 29.3. The smallest absolute Gasteiger partial charge is 0.381 e. The molecule has 220 valence electrons. The van der Waals surface area contributed by atoms with Gasteiger partial charge in [0.05, 0.1) is 19.8 Å². The first-order valence-corrected chi connectivity index (χ1v) is 14.9.